The van der Waals surface area contributed by atoms with Gasteiger partial charge < -0.3 is 4.74 Å². The fraction of sp³-hybridized carbons (Fsp3) is 0.786. The van der Waals surface area contributed by atoms with Crippen molar-refractivity contribution in [2.24, 2.45) is 0 Å². The third-order valence-electron chi connectivity index (χ3n) is 4.77. The van der Waals surface area contributed by atoms with Crippen molar-refractivity contribution in [1.82, 2.24) is 25.3 Å². The predicted molar refractivity (Wildman–Crippen MR) is 83.1 cm³/mol. The van der Waals surface area contributed by atoms with Gasteiger partial charge in [0.2, 0.25) is 6.04 Å². The van der Waals surface area contributed by atoms with Crippen LogP contribution in [0.3, 0.4) is 0 Å². The molecule has 0 aliphatic carbocycles. The molecule has 3 heterocycles. The van der Waals surface area contributed by atoms with E-state index in [-0.39, 0.29) is 18.1 Å². The molecular weight excluding hydrogens is 300 g/mol. The number of imide groups is 1. The number of ether oxygens (including phenoxy) is 1. The lowest BCUT2D eigenvalue weighted by molar-refractivity contribution is -0.523. The van der Waals surface area contributed by atoms with Crippen LogP contribution < -0.4 is 10.6 Å². The summed E-state index contributed by atoms with van der Waals surface area (Å²) in [6, 6.07) is -0.680. The first-order valence-corrected chi connectivity index (χ1v) is 7.95. The van der Waals surface area contributed by atoms with Crippen LogP contribution in [0.2, 0.25) is 0 Å². The maximum absolute atomic E-state index is 12.4. The summed E-state index contributed by atoms with van der Waals surface area (Å²) in [5.41, 5.74) is 0. The number of hydrogen-bond donors (Lipinski definition) is 2. The SMILES string of the molecule is CN1C(=O)[C@@H]2[C@H](NC(NCCN3CCOCC3)=[N+]2C)N(C)C1=O. The Balaban J connectivity index is 1.61. The number of nitrogens with one attached hydrogen (secondary N) is 2. The van der Waals surface area contributed by atoms with Crippen molar-refractivity contribution in [3.05, 3.63) is 0 Å². The van der Waals surface area contributed by atoms with Crippen LogP contribution in [-0.2, 0) is 9.53 Å². The lowest BCUT2D eigenvalue weighted by Crippen LogP contribution is -2.65. The first kappa shape index (κ1) is 16.0. The zero-order chi connectivity index (χ0) is 16.6. The lowest BCUT2D eigenvalue weighted by atomic mass is 10.1. The second kappa shape index (κ2) is 6.32. The molecule has 2 saturated heterocycles. The van der Waals surface area contributed by atoms with Gasteiger partial charge in [-0.3, -0.25) is 34.7 Å². The number of fused-ring (bicyclic) bond motifs is 1. The topological polar surface area (TPSA) is 80.2 Å². The van der Waals surface area contributed by atoms with Gasteiger partial charge in [-0.2, -0.15) is 0 Å². The average Bonchev–Trinajstić information content (AvgIpc) is 2.89. The second-order valence-corrected chi connectivity index (χ2v) is 6.17. The van der Waals surface area contributed by atoms with E-state index in [2.05, 4.69) is 15.5 Å². The highest BCUT2D eigenvalue weighted by Gasteiger charge is 2.52. The van der Waals surface area contributed by atoms with Gasteiger partial charge in [-0.1, -0.05) is 0 Å². The molecule has 0 spiro atoms. The first-order valence-electron chi connectivity index (χ1n) is 7.95. The van der Waals surface area contributed by atoms with E-state index in [0.29, 0.717) is 0 Å². The largest absolute Gasteiger partial charge is 0.379 e. The molecule has 3 rings (SSSR count). The molecular formula is C14H25N6O3+. The molecule has 128 valence electrons. The summed E-state index contributed by atoms with van der Waals surface area (Å²) < 4.78 is 7.22. The smallest absolute Gasteiger partial charge is 0.348 e. The second-order valence-electron chi connectivity index (χ2n) is 6.17. The van der Waals surface area contributed by atoms with Gasteiger partial charge in [0.25, 0.3) is 5.91 Å². The van der Waals surface area contributed by atoms with E-state index in [0.717, 1.165) is 45.4 Å². The number of carbonyl (C=O) groups excluding carboxylic acids is 2. The maximum Gasteiger partial charge on any atom is 0.348 e. The van der Waals surface area contributed by atoms with Crippen molar-refractivity contribution in [1.29, 1.82) is 0 Å². The zero-order valence-corrected chi connectivity index (χ0v) is 13.9. The Bertz CT molecular complexity index is 531. The van der Waals surface area contributed by atoms with Crippen molar-refractivity contribution < 1.29 is 18.9 Å². The van der Waals surface area contributed by atoms with Crippen molar-refractivity contribution in [2.75, 3.05) is 60.5 Å². The Hall–Kier alpha value is -1.87. The number of nitrogens with zero attached hydrogens (tertiary/aromatic N) is 4. The standard InChI is InChI=1S/C14H24N6O3/c1-17-10-11(18(2)14(22)19(3)12(10)21)16-13(17)15-4-5-20-6-8-23-9-7-20/h10-11H,4-9H2,1-3H3,(H,15,16)/p+1/t10-,11+/m0/s1. The molecule has 9 heteroatoms. The Morgan fingerprint density at radius 3 is 2.70 bits per heavy atom. The minimum Gasteiger partial charge on any atom is -0.379 e. The molecule has 0 saturated carbocycles. The molecule has 3 aliphatic heterocycles. The number of carbonyl (C=O) groups is 2. The molecule has 2 N–H and O–H groups in total. The quantitative estimate of drug-likeness (QED) is 0.570. The van der Waals surface area contributed by atoms with Gasteiger partial charge in [0.1, 0.15) is 0 Å². The summed E-state index contributed by atoms with van der Waals surface area (Å²) in [7, 11) is 5.10. The number of morpholine rings is 1. The fourth-order valence-corrected chi connectivity index (χ4v) is 3.26. The van der Waals surface area contributed by atoms with Gasteiger partial charge in [-0.25, -0.2) is 4.79 Å². The molecule has 3 aliphatic rings. The third-order valence-corrected chi connectivity index (χ3v) is 4.77. The molecule has 23 heavy (non-hydrogen) atoms. The molecule has 0 bridgehead atoms. The van der Waals surface area contributed by atoms with Crippen LogP contribution in [0, 0.1) is 0 Å². The van der Waals surface area contributed by atoms with E-state index < -0.39 is 6.04 Å². The van der Waals surface area contributed by atoms with Crippen molar-refractivity contribution in [3.8, 4) is 0 Å². The van der Waals surface area contributed by atoms with Crippen molar-refractivity contribution in [2.45, 2.75) is 12.2 Å². The normalized spacial score (nSPS) is 29.0. The molecule has 9 nitrogen and oxygen atoms in total. The fourth-order valence-electron chi connectivity index (χ4n) is 3.26. The average molecular weight is 325 g/mol. The van der Waals surface area contributed by atoms with Crippen LogP contribution in [-0.4, -0.2) is 110 Å². The van der Waals surface area contributed by atoms with Gasteiger partial charge >= 0.3 is 12.0 Å². The Labute approximate surface area is 135 Å². The maximum atomic E-state index is 12.4. The van der Waals surface area contributed by atoms with Crippen LogP contribution in [0.15, 0.2) is 0 Å². The molecule has 3 amide bonds. The summed E-state index contributed by atoms with van der Waals surface area (Å²) in [5, 5.41) is 6.60. The van der Waals surface area contributed by atoms with Crippen LogP contribution in [0.5, 0.6) is 0 Å². The summed E-state index contributed by atoms with van der Waals surface area (Å²) in [6.45, 7) is 5.16. The number of amides is 3. The Morgan fingerprint density at radius 1 is 1.30 bits per heavy atom. The molecule has 0 unspecified atom stereocenters. The van der Waals surface area contributed by atoms with Crippen molar-refractivity contribution >= 4 is 17.9 Å². The van der Waals surface area contributed by atoms with Gasteiger partial charge in [-0.15, -0.1) is 0 Å². The minimum atomic E-state index is -0.395. The van der Waals surface area contributed by atoms with Crippen LogP contribution in [0.4, 0.5) is 4.79 Å². The number of hydrogen-bond acceptors (Lipinski definition) is 6. The van der Waals surface area contributed by atoms with Gasteiger partial charge in [0, 0.05) is 33.7 Å². The summed E-state index contributed by atoms with van der Waals surface area (Å²) in [5.74, 6) is 0.606. The zero-order valence-electron chi connectivity index (χ0n) is 13.9. The monoisotopic (exact) mass is 325 g/mol. The van der Waals surface area contributed by atoms with Gasteiger partial charge in [0.05, 0.1) is 26.8 Å². The number of guanidine groups is 1. The highest BCUT2D eigenvalue weighted by atomic mass is 16.5. The van der Waals surface area contributed by atoms with Crippen LogP contribution >= 0.6 is 0 Å². The lowest BCUT2D eigenvalue weighted by Gasteiger charge is -2.35. The van der Waals surface area contributed by atoms with E-state index in [4.69, 9.17) is 4.74 Å². The van der Waals surface area contributed by atoms with E-state index in [1.54, 1.807) is 11.9 Å². The van der Waals surface area contributed by atoms with Gasteiger partial charge in [-0.05, 0) is 0 Å². The predicted octanol–water partition coefficient (Wildman–Crippen LogP) is -2.27. The van der Waals surface area contributed by atoms with E-state index >= 15 is 0 Å². The molecule has 2 atom stereocenters. The van der Waals surface area contributed by atoms with E-state index in [1.807, 2.05) is 11.6 Å². The molecule has 0 aromatic carbocycles. The summed E-state index contributed by atoms with van der Waals surface area (Å²) >= 11 is 0. The molecule has 0 aromatic rings. The Morgan fingerprint density at radius 2 is 2.00 bits per heavy atom. The van der Waals surface area contributed by atoms with Crippen molar-refractivity contribution in [3.63, 3.8) is 0 Å². The van der Waals surface area contributed by atoms with Crippen LogP contribution in [0.1, 0.15) is 0 Å². The third kappa shape index (κ3) is 2.86. The van der Waals surface area contributed by atoms with Crippen LogP contribution in [0.25, 0.3) is 0 Å². The number of rotatable bonds is 3. The summed E-state index contributed by atoms with van der Waals surface area (Å²) in [6.07, 6.45) is -0.331. The minimum absolute atomic E-state index is 0.182. The molecule has 2 fully saturated rings. The Kier molecular flexibility index (Phi) is 4.40. The first-order chi connectivity index (χ1) is 11.0. The summed E-state index contributed by atoms with van der Waals surface area (Å²) in [4.78, 5) is 29.5. The molecule has 0 aromatic heterocycles. The van der Waals surface area contributed by atoms with Gasteiger partial charge in [0.15, 0.2) is 6.17 Å². The number of likely N-dealkylation sites (N-methyl/N-ethyl adjacent to an activating group) is 3. The van der Waals surface area contributed by atoms with E-state index in [1.165, 1.54) is 11.9 Å². The number of urea groups is 1. The van der Waals surface area contributed by atoms with E-state index in [9.17, 15) is 9.59 Å². The highest BCUT2D eigenvalue weighted by Crippen LogP contribution is 2.18. The highest BCUT2D eigenvalue weighted by molar-refractivity contribution is 6.01. The molecule has 0 radical (unpaired) electrons.